The van der Waals surface area contributed by atoms with Crippen molar-refractivity contribution in [1.82, 2.24) is 19.4 Å². The Bertz CT molecular complexity index is 852. The number of hydrogen-bond acceptors (Lipinski definition) is 5. The molecule has 0 bridgehead atoms. The van der Waals surface area contributed by atoms with Crippen LogP contribution in [0, 0.1) is 13.8 Å². The molecule has 1 aliphatic rings. The van der Waals surface area contributed by atoms with E-state index in [9.17, 15) is 18.0 Å². The summed E-state index contributed by atoms with van der Waals surface area (Å²) in [4.78, 5) is 30.4. The Morgan fingerprint density at radius 3 is 2.39 bits per heavy atom. The summed E-state index contributed by atoms with van der Waals surface area (Å²) in [6.07, 6.45) is 0.763. The normalized spacial score (nSPS) is 16.0. The van der Waals surface area contributed by atoms with E-state index in [-0.39, 0.29) is 16.7 Å². The second kappa shape index (κ2) is 9.02. The second-order valence-electron chi connectivity index (χ2n) is 7.33. The van der Waals surface area contributed by atoms with Crippen molar-refractivity contribution >= 4 is 21.8 Å². The van der Waals surface area contributed by atoms with Crippen LogP contribution in [0.15, 0.2) is 17.0 Å². The predicted molar refractivity (Wildman–Crippen MR) is 108 cm³/mol. The Morgan fingerprint density at radius 2 is 1.79 bits per heavy atom. The van der Waals surface area contributed by atoms with Crippen molar-refractivity contribution in [3.8, 4) is 0 Å². The minimum absolute atomic E-state index is 0.0378. The number of aryl methyl sites for hydroxylation is 1. The first kappa shape index (κ1) is 22.3. The average molecular weight is 411 g/mol. The molecule has 1 aromatic rings. The van der Waals surface area contributed by atoms with Gasteiger partial charge in [0.15, 0.2) is 0 Å². The summed E-state index contributed by atoms with van der Waals surface area (Å²) >= 11 is 0. The first-order valence-electron chi connectivity index (χ1n) is 9.33. The van der Waals surface area contributed by atoms with E-state index in [0.29, 0.717) is 37.3 Å². The summed E-state index contributed by atoms with van der Waals surface area (Å²) < 4.78 is 26.9. The van der Waals surface area contributed by atoms with Gasteiger partial charge in [-0.15, -0.1) is 0 Å². The van der Waals surface area contributed by atoms with Gasteiger partial charge in [-0.1, -0.05) is 0 Å². The molecule has 1 aliphatic heterocycles. The van der Waals surface area contributed by atoms with Gasteiger partial charge in [-0.2, -0.15) is 0 Å². The van der Waals surface area contributed by atoms with Gasteiger partial charge in [0.2, 0.25) is 15.9 Å². The lowest BCUT2D eigenvalue weighted by Gasteiger charge is -2.23. The van der Waals surface area contributed by atoms with Gasteiger partial charge in [0.05, 0.1) is 11.4 Å². The van der Waals surface area contributed by atoms with E-state index in [4.69, 9.17) is 0 Å². The van der Waals surface area contributed by atoms with Crippen LogP contribution >= 0.6 is 0 Å². The molecule has 1 saturated heterocycles. The highest BCUT2D eigenvalue weighted by atomic mass is 32.2. The molecule has 1 aromatic carbocycles. The summed E-state index contributed by atoms with van der Waals surface area (Å²) in [5.41, 5.74) is 1.76. The lowest BCUT2D eigenvalue weighted by Crippen LogP contribution is -2.39. The third-order valence-corrected chi connectivity index (χ3v) is 6.70. The van der Waals surface area contributed by atoms with Crippen LogP contribution in [0.4, 0.5) is 0 Å². The van der Waals surface area contributed by atoms with Crippen molar-refractivity contribution in [1.29, 1.82) is 0 Å². The fourth-order valence-corrected chi connectivity index (χ4v) is 4.25. The maximum absolute atomic E-state index is 13.0. The zero-order chi connectivity index (χ0) is 21.1. The number of benzene rings is 1. The van der Waals surface area contributed by atoms with Crippen molar-refractivity contribution in [2.24, 2.45) is 0 Å². The molecule has 28 heavy (non-hydrogen) atoms. The molecule has 0 radical (unpaired) electrons. The van der Waals surface area contributed by atoms with Gasteiger partial charge in [0.25, 0.3) is 5.91 Å². The molecule has 0 spiro atoms. The summed E-state index contributed by atoms with van der Waals surface area (Å²) in [5.74, 6) is -0.146. The van der Waals surface area contributed by atoms with E-state index in [1.165, 1.54) is 13.1 Å². The fraction of sp³-hybridized carbons (Fsp3) is 0.579. The van der Waals surface area contributed by atoms with Gasteiger partial charge in [0, 0.05) is 45.8 Å². The molecule has 1 fully saturated rings. The zero-order valence-electron chi connectivity index (χ0n) is 17.3. The van der Waals surface area contributed by atoms with Crippen LogP contribution in [0.5, 0.6) is 0 Å². The molecule has 1 heterocycles. The van der Waals surface area contributed by atoms with E-state index >= 15 is 0 Å². The van der Waals surface area contributed by atoms with Crippen molar-refractivity contribution < 1.29 is 18.0 Å². The third-order valence-electron chi connectivity index (χ3n) is 5.16. The number of carbonyl (C=O) groups is 2. The Hall–Kier alpha value is -1.97. The number of nitrogens with one attached hydrogen (secondary N) is 1. The molecule has 1 N–H and O–H groups in total. The lowest BCUT2D eigenvalue weighted by atomic mass is 10.1. The van der Waals surface area contributed by atoms with Crippen LogP contribution in [0.25, 0.3) is 0 Å². The average Bonchev–Trinajstić information content (AvgIpc) is 2.88. The largest absolute Gasteiger partial charge is 0.348 e. The summed E-state index contributed by atoms with van der Waals surface area (Å²) in [7, 11) is 1.17. The highest BCUT2D eigenvalue weighted by Crippen LogP contribution is 2.22. The molecule has 0 aliphatic carbocycles. The molecular weight excluding hydrogens is 380 g/mol. The van der Waals surface area contributed by atoms with Gasteiger partial charge >= 0.3 is 0 Å². The molecule has 156 valence electrons. The van der Waals surface area contributed by atoms with Gasteiger partial charge < -0.3 is 9.80 Å². The number of likely N-dealkylation sites (N-methyl/N-ethyl adjacent to an activating group) is 1. The van der Waals surface area contributed by atoms with Crippen molar-refractivity contribution in [3.05, 3.63) is 28.8 Å². The number of hydrogen-bond donors (Lipinski definition) is 1. The Balaban J connectivity index is 2.19. The maximum Gasteiger partial charge on any atom is 0.253 e. The van der Waals surface area contributed by atoms with Crippen molar-refractivity contribution in [3.63, 3.8) is 0 Å². The molecule has 2 rings (SSSR count). The summed E-state index contributed by atoms with van der Waals surface area (Å²) in [5, 5.41) is 0. The van der Waals surface area contributed by atoms with Crippen molar-refractivity contribution in [2.75, 3.05) is 53.9 Å². The molecule has 0 saturated carbocycles. The number of amides is 2. The molecule has 8 nitrogen and oxygen atoms in total. The van der Waals surface area contributed by atoms with Crippen LogP contribution < -0.4 is 4.72 Å². The lowest BCUT2D eigenvalue weighted by molar-refractivity contribution is -0.129. The van der Waals surface area contributed by atoms with Crippen LogP contribution in [0.1, 0.15) is 27.9 Å². The standard InChI is InChI=1S/C19H30N4O4S/c1-14-11-16(12-17(15(14)2)28(26,27)20-3)19(25)23-8-6-7-22(9-10-23)13-18(24)21(4)5/h11-12,20H,6-10,13H2,1-5H3. The zero-order valence-corrected chi connectivity index (χ0v) is 18.1. The van der Waals surface area contributed by atoms with E-state index in [1.807, 2.05) is 4.90 Å². The second-order valence-corrected chi connectivity index (χ2v) is 9.19. The van der Waals surface area contributed by atoms with E-state index in [2.05, 4.69) is 4.72 Å². The monoisotopic (exact) mass is 410 g/mol. The van der Waals surface area contributed by atoms with Crippen LogP contribution in [-0.4, -0.2) is 88.8 Å². The van der Waals surface area contributed by atoms with Gasteiger partial charge in [0.1, 0.15) is 0 Å². The smallest absolute Gasteiger partial charge is 0.253 e. The topological polar surface area (TPSA) is 90.0 Å². The first-order valence-corrected chi connectivity index (χ1v) is 10.8. The van der Waals surface area contributed by atoms with Crippen LogP contribution in [-0.2, 0) is 14.8 Å². The Labute approximate surface area is 167 Å². The molecular formula is C19H30N4O4S. The maximum atomic E-state index is 13.0. The number of sulfonamides is 1. The van der Waals surface area contributed by atoms with E-state index in [1.54, 1.807) is 43.8 Å². The minimum atomic E-state index is -3.65. The summed E-state index contributed by atoms with van der Waals surface area (Å²) in [6, 6.07) is 3.19. The quantitative estimate of drug-likeness (QED) is 0.761. The van der Waals surface area contributed by atoms with Crippen LogP contribution in [0.3, 0.4) is 0 Å². The minimum Gasteiger partial charge on any atom is -0.348 e. The Kier molecular flexibility index (Phi) is 7.19. The molecule has 9 heteroatoms. The third kappa shape index (κ3) is 5.09. The van der Waals surface area contributed by atoms with Crippen LogP contribution in [0.2, 0.25) is 0 Å². The SMILES string of the molecule is CNS(=O)(=O)c1cc(C(=O)N2CCCN(CC(=O)N(C)C)CC2)cc(C)c1C. The molecule has 0 atom stereocenters. The summed E-state index contributed by atoms with van der Waals surface area (Å²) in [6.45, 7) is 6.31. The van der Waals surface area contributed by atoms with E-state index in [0.717, 1.165) is 18.5 Å². The van der Waals surface area contributed by atoms with E-state index < -0.39 is 10.0 Å². The highest BCUT2D eigenvalue weighted by Gasteiger charge is 2.24. The number of nitrogens with zero attached hydrogens (tertiary/aromatic N) is 3. The van der Waals surface area contributed by atoms with Gasteiger partial charge in [-0.3, -0.25) is 14.5 Å². The Morgan fingerprint density at radius 1 is 1.11 bits per heavy atom. The van der Waals surface area contributed by atoms with Gasteiger partial charge in [-0.25, -0.2) is 13.1 Å². The van der Waals surface area contributed by atoms with Crippen molar-refractivity contribution in [2.45, 2.75) is 25.2 Å². The molecule has 2 amide bonds. The first-order chi connectivity index (χ1) is 13.1. The number of rotatable bonds is 5. The fourth-order valence-electron chi connectivity index (χ4n) is 3.19. The molecule has 0 aromatic heterocycles. The number of carbonyl (C=O) groups excluding carboxylic acids is 2. The molecule has 0 unspecified atom stereocenters. The predicted octanol–water partition coefficient (Wildman–Crippen LogP) is 0.448. The van der Waals surface area contributed by atoms with Gasteiger partial charge in [-0.05, 0) is 50.6 Å². The highest BCUT2D eigenvalue weighted by molar-refractivity contribution is 7.89.